The lowest BCUT2D eigenvalue weighted by atomic mass is 10.1. The number of aliphatic hydroxyl groups is 1. The SMILES string of the molecule is Cc1cc(C)cc(Nc2ncc(F)c(-n3cc(N(C)[C@@H](C)CO)c(C)n3)n2)c1. The van der Waals surface area contributed by atoms with Gasteiger partial charge in [0, 0.05) is 18.8 Å². The van der Waals surface area contributed by atoms with Gasteiger partial charge in [0.2, 0.25) is 5.95 Å². The molecule has 0 unspecified atom stereocenters. The number of halogens is 1. The molecule has 3 aromatic rings. The predicted octanol–water partition coefficient (Wildman–Crippen LogP) is 3.29. The highest BCUT2D eigenvalue weighted by molar-refractivity contribution is 5.57. The first-order valence-electron chi connectivity index (χ1n) is 9.06. The van der Waals surface area contributed by atoms with E-state index in [0.29, 0.717) is 5.69 Å². The first kappa shape index (κ1) is 19.8. The van der Waals surface area contributed by atoms with Crippen molar-refractivity contribution in [2.75, 3.05) is 23.9 Å². The Bertz CT molecular complexity index is 967. The van der Waals surface area contributed by atoms with Crippen LogP contribution in [-0.2, 0) is 0 Å². The summed E-state index contributed by atoms with van der Waals surface area (Å²) in [6, 6.07) is 5.93. The standard InChI is InChI=1S/C20H25FN6O/c1-12-6-13(2)8-16(7-12)23-20-22-9-17(21)19(24-20)27-10-18(15(4)25-27)26(5)14(3)11-28/h6-10,14,28H,11H2,1-5H3,(H,22,23,24)/t14-/m0/s1. The number of hydrogen-bond donors (Lipinski definition) is 2. The van der Waals surface area contributed by atoms with Crippen LogP contribution in [0.3, 0.4) is 0 Å². The molecule has 0 aliphatic carbocycles. The lowest BCUT2D eigenvalue weighted by Gasteiger charge is -2.24. The third-order valence-corrected chi connectivity index (χ3v) is 4.60. The second-order valence-corrected chi connectivity index (χ2v) is 7.05. The van der Waals surface area contributed by atoms with Crippen LogP contribution in [0.1, 0.15) is 23.7 Å². The topological polar surface area (TPSA) is 79.1 Å². The molecule has 0 saturated heterocycles. The summed E-state index contributed by atoms with van der Waals surface area (Å²) in [7, 11) is 1.86. The summed E-state index contributed by atoms with van der Waals surface area (Å²) in [5, 5.41) is 16.9. The molecule has 0 amide bonds. The number of aromatic nitrogens is 4. The predicted molar refractivity (Wildman–Crippen MR) is 108 cm³/mol. The maximum Gasteiger partial charge on any atom is 0.229 e. The van der Waals surface area contributed by atoms with Crippen molar-refractivity contribution in [3.8, 4) is 5.82 Å². The van der Waals surface area contributed by atoms with Gasteiger partial charge in [0.25, 0.3) is 0 Å². The summed E-state index contributed by atoms with van der Waals surface area (Å²) < 4.78 is 15.8. The summed E-state index contributed by atoms with van der Waals surface area (Å²) in [5.41, 5.74) is 4.56. The quantitative estimate of drug-likeness (QED) is 0.679. The largest absolute Gasteiger partial charge is 0.394 e. The van der Waals surface area contributed by atoms with Gasteiger partial charge >= 0.3 is 0 Å². The molecule has 8 heteroatoms. The molecule has 148 valence electrons. The molecule has 0 fully saturated rings. The van der Waals surface area contributed by atoms with Crippen LogP contribution in [0.4, 0.5) is 21.7 Å². The van der Waals surface area contributed by atoms with Crippen molar-refractivity contribution in [1.82, 2.24) is 19.7 Å². The molecule has 1 aromatic carbocycles. The van der Waals surface area contributed by atoms with Gasteiger partial charge in [-0.2, -0.15) is 10.1 Å². The molecule has 2 N–H and O–H groups in total. The van der Waals surface area contributed by atoms with Crippen LogP contribution in [0.5, 0.6) is 0 Å². The van der Waals surface area contributed by atoms with Gasteiger partial charge in [-0.1, -0.05) is 6.07 Å². The van der Waals surface area contributed by atoms with Gasteiger partial charge in [-0.25, -0.2) is 14.1 Å². The highest BCUT2D eigenvalue weighted by atomic mass is 19.1. The highest BCUT2D eigenvalue weighted by Gasteiger charge is 2.18. The molecule has 28 heavy (non-hydrogen) atoms. The Morgan fingerprint density at radius 1 is 1.21 bits per heavy atom. The molecule has 0 bridgehead atoms. The lowest BCUT2D eigenvalue weighted by Crippen LogP contribution is -2.31. The van der Waals surface area contributed by atoms with Gasteiger partial charge in [0.15, 0.2) is 11.6 Å². The molecule has 0 aliphatic heterocycles. The van der Waals surface area contributed by atoms with Gasteiger partial charge in [0.05, 0.1) is 30.4 Å². The highest BCUT2D eigenvalue weighted by Crippen LogP contribution is 2.23. The van der Waals surface area contributed by atoms with E-state index in [9.17, 15) is 9.50 Å². The zero-order chi connectivity index (χ0) is 20.4. The molecule has 7 nitrogen and oxygen atoms in total. The maximum absolute atomic E-state index is 14.4. The third kappa shape index (κ3) is 4.12. The third-order valence-electron chi connectivity index (χ3n) is 4.60. The Hall–Kier alpha value is -3.00. The number of nitrogens with one attached hydrogen (secondary N) is 1. The van der Waals surface area contributed by atoms with Crippen molar-refractivity contribution in [3.63, 3.8) is 0 Å². The van der Waals surface area contributed by atoms with Crippen LogP contribution < -0.4 is 10.2 Å². The average Bonchev–Trinajstić information content (AvgIpc) is 3.02. The van der Waals surface area contributed by atoms with Crippen LogP contribution >= 0.6 is 0 Å². The van der Waals surface area contributed by atoms with Gasteiger partial charge in [-0.3, -0.25) is 0 Å². The van der Waals surface area contributed by atoms with E-state index in [4.69, 9.17) is 0 Å². The molecule has 2 heterocycles. The van der Waals surface area contributed by atoms with Crippen LogP contribution in [0.15, 0.2) is 30.6 Å². The average molecular weight is 384 g/mol. The van der Waals surface area contributed by atoms with Crippen LogP contribution in [-0.4, -0.2) is 44.6 Å². The molecule has 3 rings (SSSR count). The second kappa shape index (κ2) is 7.93. The maximum atomic E-state index is 14.4. The summed E-state index contributed by atoms with van der Waals surface area (Å²) in [5.74, 6) is -0.229. The minimum atomic E-state index is -0.571. The summed E-state index contributed by atoms with van der Waals surface area (Å²) in [6.45, 7) is 7.75. The normalized spacial score (nSPS) is 12.1. The monoisotopic (exact) mass is 384 g/mol. The lowest BCUT2D eigenvalue weighted by molar-refractivity contribution is 0.270. The fraction of sp³-hybridized carbons (Fsp3) is 0.350. The van der Waals surface area contributed by atoms with Gasteiger partial charge in [-0.05, 0) is 51.0 Å². The molecule has 2 aromatic heterocycles. The summed E-state index contributed by atoms with van der Waals surface area (Å²) >= 11 is 0. The first-order valence-corrected chi connectivity index (χ1v) is 9.06. The van der Waals surface area contributed by atoms with Crippen molar-refractivity contribution >= 4 is 17.3 Å². The number of benzene rings is 1. The first-order chi connectivity index (χ1) is 13.3. The number of aryl methyl sites for hydroxylation is 3. The molecular formula is C20H25FN6O. The van der Waals surface area contributed by atoms with Crippen molar-refractivity contribution in [2.45, 2.75) is 33.7 Å². The van der Waals surface area contributed by atoms with Crippen molar-refractivity contribution in [3.05, 3.63) is 53.2 Å². The molecule has 0 saturated carbocycles. The van der Waals surface area contributed by atoms with E-state index in [0.717, 1.165) is 28.7 Å². The summed E-state index contributed by atoms with van der Waals surface area (Å²) in [6.07, 6.45) is 2.83. The number of aliphatic hydroxyl groups excluding tert-OH is 1. The molecule has 0 aliphatic rings. The van der Waals surface area contributed by atoms with E-state index in [1.165, 1.54) is 4.68 Å². The number of nitrogens with zero attached hydrogens (tertiary/aromatic N) is 5. The second-order valence-electron chi connectivity index (χ2n) is 7.05. The Morgan fingerprint density at radius 3 is 2.54 bits per heavy atom. The van der Waals surface area contributed by atoms with Gasteiger partial charge < -0.3 is 15.3 Å². The summed E-state index contributed by atoms with van der Waals surface area (Å²) in [4.78, 5) is 10.2. The Kier molecular flexibility index (Phi) is 5.60. The van der Waals surface area contributed by atoms with E-state index in [-0.39, 0.29) is 24.4 Å². The fourth-order valence-electron chi connectivity index (χ4n) is 3.02. The van der Waals surface area contributed by atoms with E-state index < -0.39 is 5.82 Å². The zero-order valence-electron chi connectivity index (χ0n) is 16.7. The van der Waals surface area contributed by atoms with E-state index in [2.05, 4.69) is 26.4 Å². The Labute approximate surface area is 163 Å². The number of likely N-dealkylation sites (N-methyl/N-ethyl adjacent to an activating group) is 1. The van der Waals surface area contributed by atoms with Crippen molar-refractivity contribution in [1.29, 1.82) is 0 Å². The van der Waals surface area contributed by atoms with E-state index in [1.54, 1.807) is 6.20 Å². The van der Waals surface area contributed by atoms with E-state index in [1.807, 2.05) is 51.8 Å². The van der Waals surface area contributed by atoms with Crippen LogP contribution in [0.25, 0.3) is 5.82 Å². The smallest absolute Gasteiger partial charge is 0.229 e. The zero-order valence-corrected chi connectivity index (χ0v) is 16.7. The Balaban J connectivity index is 1.94. The molecule has 0 spiro atoms. The number of rotatable bonds is 6. The van der Waals surface area contributed by atoms with Gasteiger partial charge in [0.1, 0.15) is 0 Å². The number of hydrogen-bond acceptors (Lipinski definition) is 6. The minimum Gasteiger partial charge on any atom is -0.394 e. The van der Waals surface area contributed by atoms with Crippen LogP contribution in [0.2, 0.25) is 0 Å². The molecule has 1 atom stereocenters. The van der Waals surface area contributed by atoms with Crippen molar-refractivity contribution < 1.29 is 9.50 Å². The minimum absolute atomic E-state index is 0.00691. The fourth-order valence-corrected chi connectivity index (χ4v) is 3.02. The Morgan fingerprint density at radius 2 is 1.89 bits per heavy atom. The van der Waals surface area contributed by atoms with E-state index >= 15 is 0 Å². The van der Waals surface area contributed by atoms with Crippen molar-refractivity contribution in [2.24, 2.45) is 0 Å². The van der Waals surface area contributed by atoms with Gasteiger partial charge in [-0.15, -0.1) is 0 Å². The number of anilines is 3. The molecular weight excluding hydrogens is 359 g/mol. The van der Waals surface area contributed by atoms with Crippen LogP contribution in [0, 0.1) is 26.6 Å². The molecule has 0 radical (unpaired) electrons.